The largest absolute Gasteiger partial charge is 0.368 e. The van der Waals surface area contributed by atoms with Gasteiger partial charge in [0.15, 0.2) is 5.11 Å². The van der Waals surface area contributed by atoms with Crippen LogP contribution in [0.25, 0.3) is 10.8 Å². The van der Waals surface area contributed by atoms with Gasteiger partial charge in [0.2, 0.25) is 5.91 Å². The molecule has 0 unspecified atom stereocenters. The summed E-state index contributed by atoms with van der Waals surface area (Å²) in [6.07, 6.45) is 1.51. The van der Waals surface area contributed by atoms with Crippen LogP contribution in [0.15, 0.2) is 66.7 Å². The maximum Gasteiger partial charge on any atom is 0.258 e. The number of carbonyl (C=O) groups excluding carboxylic acids is 2. The highest BCUT2D eigenvalue weighted by molar-refractivity contribution is 7.80. The van der Waals surface area contributed by atoms with Crippen molar-refractivity contribution in [2.24, 2.45) is 0 Å². The standard InChI is InChI=1S/C26H28N4O2S/c1-2-6-24(31)30-17-15-29(16-18-30)21-13-11-20(12-14-21)27-26(33)28-25(32)23-10-5-8-19-7-3-4-9-22(19)23/h3-5,7-14H,2,6,15-18H2,1H3,(H2,27,28,32,33). The molecule has 4 rings (SSSR count). The van der Waals surface area contributed by atoms with Crippen LogP contribution in [0.4, 0.5) is 11.4 Å². The van der Waals surface area contributed by atoms with Gasteiger partial charge >= 0.3 is 0 Å². The second kappa shape index (κ2) is 10.4. The Morgan fingerprint density at radius 1 is 0.909 bits per heavy atom. The Balaban J connectivity index is 1.32. The van der Waals surface area contributed by atoms with Crippen molar-refractivity contribution < 1.29 is 9.59 Å². The van der Waals surface area contributed by atoms with Crippen molar-refractivity contribution in [3.05, 3.63) is 72.3 Å². The zero-order valence-electron chi connectivity index (χ0n) is 18.7. The van der Waals surface area contributed by atoms with Crippen molar-refractivity contribution in [2.45, 2.75) is 19.8 Å². The van der Waals surface area contributed by atoms with Crippen LogP contribution in [-0.2, 0) is 4.79 Å². The fraction of sp³-hybridized carbons (Fsp3) is 0.269. The lowest BCUT2D eigenvalue weighted by Gasteiger charge is -2.36. The predicted octanol–water partition coefficient (Wildman–Crippen LogP) is 4.42. The van der Waals surface area contributed by atoms with Gasteiger partial charge in [-0.3, -0.25) is 14.9 Å². The van der Waals surface area contributed by atoms with Crippen LogP contribution in [-0.4, -0.2) is 48.0 Å². The van der Waals surface area contributed by atoms with Gasteiger partial charge in [-0.15, -0.1) is 0 Å². The third-order valence-corrected chi connectivity index (χ3v) is 6.05. The molecule has 2 N–H and O–H groups in total. The molecular weight excluding hydrogens is 432 g/mol. The van der Waals surface area contributed by atoms with Crippen molar-refractivity contribution in [2.75, 3.05) is 36.4 Å². The lowest BCUT2D eigenvalue weighted by molar-refractivity contribution is -0.131. The molecule has 33 heavy (non-hydrogen) atoms. The summed E-state index contributed by atoms with van der Waals surface area (Å²) in [4.78, 5) is 29.1. The molecule has 0 spiro atoms. The molecule has 0 saturated carbocycles. The highest BCUT2D eigenvalue weighted by Crippen LogP contribution is 2.21. The van der Waals surface area contributed by atoms with E-state index in [4.69, 9.17) is 12.2 Å². The molecular formula is C26H28N4O2S. The topological polar surface area (TPSA) is 64.7 Å². The Bertz CT molecular complexity index is 1150. The fourth-order valence-corrected chi connectivity index (χ4v) is 4.31. The number of hydrogen-bond donors (Lipinski definition) is 2. The summed E-state index contributed by atoms with van der Waals surface area (Å²) in [5, 5.41) is 8.01. The molecule has 0 aromatic heterocycles. The maximum absolute atomic E-state index is 12.8. The van der Waals surface area contributed by atoms with Crippen LogP contribution in [0.1, 0.15) is 30.1 Å². The van der Waals surface area contributed by atoms with Gasteiger partial charge in [-0.05, 0) is 59.7 Å². The molecule has 1 saturated heterocycles. The van der Waals surface area contributed by atoms with Crippen molar-refractivity contribution in [3.8, 4) is 0 Å². The Morgan fingerprint density at radius 3 is 2.33 bits per heavy atom. The van der Waals surface area contributed by atoms with Crippen molar-refractivity contribution >= 4 is 51.3 Å². The summed E-state index contributed by atoms with van der Waals surface area (Å²) >= 11 is 5.36. The minimum absolute atomic E-state index is 0.239. The van der Waals surface area contributed by atoms with E-state index in [1.807, 2.05) is 72.5 Å². The van der Waals surface area contributed by atoms with E-state index in [-0.39, 0.29) is 16.9 Å². The van der Waals surface area contributed by atoms with Gasteiger partial charge in [0.25, 0.3) is 5.91 Å². The van der Waals surface area contributed by atoms with Gasteiger partial charge in [-0.25, -0.2) is 0 Å². The molecule has 170 valence electrons. The van der Waals surface area contributed by atoms with Crippen LogP contribution >= 0.6 is 12.2 Å². The van der Waals surface area contributed by atoms with Gasteiger partial charge in [0, 0.05) is 49.5 Å². The van der Waals surface area contributed by atoms with E-state index >= 15 is 0 Å². The zero-order chi connectivity index (χ0) is 23.2. The molecule has 2 amide bonds. The predicted molar refractivity (Wildman–Crippen MR) is 138 cm³/mol. The highest BCUT2D eigenvalue weighted by Gasteiger charge is 2.20. The quantitative estimate of drug-likeness (QED) is 0.552. The number of anilines is 2. The minimum Gasteiger partial charge on any atom is -0.368 e. The number of carbonyl (C=O) groups is 2. The highest BCUT2D eigenvalue weighted by atomic mass is 32.1. The van der Waals surface area contributed by atoms with Crippen LogP contribution in [0, 0.1) is 0 Å². The molecule has 0 radical (unpaired) electrons. The summed E-state index contributed by atoms with van der Waals surface area (Å²) < 4.78 is 0. The molecule has 3 aromatic rings. The first-order chi connectivity index (χ1) is 16.0. The van der Waals surface area contributed by atoms with Gasteiger partial charge in [-0.1, -0.05) is 43.3 Å². The molecule has 1 fully saturated rings. The van der Waals surface area contributed by atoms with Crippen LogP contribution in [0.5, 0.6) is 0 Å². The SMILES string of the molecule is CCCC(=O)N1CCN(c2ccc(NC(=S)NC(=O)c3cccc4ccccc34)cc2)CC1. The van der Waals surface area contributed by atoms with Gasteiger partial charge < -0.3 is 15.1 Å². The molecule has 1 aliphatic rings. The molecule has 7 heteroatoms. The third kappa shape index (κ3) is 5.49. The minimum atomic E-state index is -0.239. The first-order valence-corrected chi connectivity index (χ1v) is 11.7. The van der Waals surface area contributed by atoms with Crippen molar-refractivity contribution in [1.29, 1.82) is 0 Å². The summed E-state index contributed by atoms with van der Waals surface area (Å²) in [5.74, 6) is 0.00664. The molecule has 0 atom stereocenters. The number of piperazine rings is 1. The maximum atomic E-state index is 12.8. The first kappa shape index (κ1) is 22.7. The fourth-order valence-electron chi connectivity index (χ4n) is 4.10. The average molecular weight is 461 g/mol. The lowest BCUT2D eigenvalue weighted by atomic mass is 10.0. The number of hydrogen-bond acceptors (Lipinski definition) is 4. The van der Waals surface area contributed by atoms with Gasteiger partial charge in [-0.2, -0.15) is 0 Å². The Morgan fingerprint density at radius 2 is 1.61 bits per heavy atom. The van der Waals surface area contributed by atoms with E-state index in [0.29, 0.717) is 12.0 Å². The van der Waals surface area contributed by atoms with E-state index in [1.54, 1.807) is 6.07 Å². The van der Waals surface area contributed by atoms with Gasteiger partial charge in [0.05, 0.1) is 0 Å². The monoisotopic (exact) mass is 460 g/mol. The van der Waals surface area contributed by atoms with Gasteiger partial charge in [0.1, 0.15) is 0 Å². The number of nitrogens with zero attached hydrogens (tertiary/aromatic N) is 2. The average Bonchev–Trinajstić information content (AvgIpc) is 2.84. The summed E-state index contributed by atoms with van der Waals surface area (Å²) in [7, 11) is 0. The molecule has 1 heterocycles. The lowest BCUT2D eigenvalue weighted by Crippen LogP contribution is -2.48. The number of thiocarbonyl (C=S) groups is 1. The van der Waals surface area contributed by atoms with Crippen molar-refractivity contribution in [1.82, 2.24) is 10.2 Å². The first-order valence-electron chi connectivity index (χ1n) is 11.3. The zero-order valence-corrected chi connectivity index (χ0v) is 19.5. The van der Waals surface area contributed by atoms with E-state index in [2.05, 4.69) is 15.5 Å². The molecule has 0 bridgehead atoms. The Kier molecular flexibility index (Phi) is 7.19. The summed E-state index contributed by atoms with van der Waals surface area (Å²) in [6.45, 7) is 5.18. The normalized spacial score (nSPS) is 13.6. The number of fused-ring (bicyclic) bond motifs is 1. The summed E-state index contributed by atoms with van der Waals surface area (Å²) in [6, 6.07) is 21.4. The van der Waals surface area contributed by atoms with E-state index < -0.39 is 0 Å². The molecule has 1 aliphatic heterocycles. The Labute approximate surface area is 199 Å². The van der Waals surface area contributed by atoms with Crippen LogP contribution in [0.2, 0.25) is 0 Å². The van der Waals surface area contributed by atoms with Crippen molar-refractivity contribution in [3.63, 3.8) is 0 Å². The number of benzene rings is 3. The van der Waals surface area contributed by atoms with Crippen LogP contribution < -0.4 is 15.5 Å². The van der Waals surface area contributed by atoms with E-state index in [1.165, 1.54) is 0 Å². The molecule has 0 aliphatic carbocycles. The third-order valence-electron chi connectivity index (χ3n) is 5.85. The molecule has 6 nitrogen and oxygen atoms in total. The Hall–Kier alpha value is -3.45. The number of rotatable bonds is 5. The second-order valence-electron chi connectivity index (χ2n) is 8.10. The smallest absolute Gasteiger partial charge is 0.258 e. The number of amides is 2. The molecule has 3 aromatic carbocycles. The second-order valence-corrected chi connectivity index (χ2v) is 8.51. The summed E-state index contributed by atoms with van der Waals surface area (Å²) in [5.41, 5.74) is 2.50. The van der Waals surface area contributed by atoms with E-state index in [0.717, 1.165) is 54.7 Å². The number of nitrogens with one attached hydrogen (secondary N) is 2. The van der Waals surface area contributed by atoms with E-state index in [9.17, 15) is 9.59 Å². The van der Waals surface area contributed by atoms with Crippen LogP contribution in [0.3, 0.4) is 0 Å².